The van der Waals surface area contributed by atoms with Crippen LogP contribution in [0.5, 0.6) is 0 Å². The lowest BCUT2D eigenvalue weighted by Crippen LogP contribution is -1.84. The molecule has 0 bridgehead atoms. The van der Waals surface area contributed by atoms with E-state index < -0.39 is 11.7 Å². The first kappa shape index (κ1) is 9.75. The molecule has 0 fully saturated rings. The van der Waals surface area contributed by atoms with Crippen LogP contribution in [0.1, 0.15) is 6.92 Å². The van der Waals surface area contributed by atoms with Crippen LogP contribution in [0.15, 0.2) is 36.0 Å². The summed E-state index contributed by atoms with van der Waals surface area (Å²) in [6.07, 6.45) is 2.13. The van der Waals surface area contributed by atoms with Crippen LogP contribution in [0.2, 0.25) is 0 Å². The van der Waals surface area contributed by atoms with Gasteiger partial charge in [0.1, 0.15) is 11.7 Å². The summed E-state index contributed by atoms with van der Waals surface area (Å²) in [5.74, 6) is -1.82. The van der Waals surface area contributed by atoms with Crippen LogP contribution >= 0.6 is 0 Å². The summed E-state index contributed by atoms with van der Waals surface area (Å²) in [5, 5.41) is 0. The van der Waals surface area contributed by atoms with E-state index in [1.807, 2.05) is 0 Å². The van der Waals surface area contributed by atoms with E-state index in [0.29, 0.717) is 12.4 Å². The van der Waals surface area contributed by atoms with Crippen molar-refractivity contribution in [1.29, 1.82) is 0 Å². The van der Waals surface area contributed by atoms with Gasteiger partial charge in [-0.25, -0.2) is 8.78 Å². The Bertz CT molecular complexity index is 226. The lowest BCUT2D eigenvalue weighted by Gasteiger charge is -1.91. The van der Waals surface area contributed by atoms with E-state index in [0.717, 1.165) is 0 Å². The second-order valence-electron chi connectivity index (χ2n) is 1.80. The molecule has 1 nitrogen and oxygen atoms in total. The highest BCUT2D eigenvalue weighted by atomic mass is 19.1. The van der Waals surface area contributed by atoms with Crippen LogP contribution in [0.3, 0.4) is 0 Å². The smallest absolute Gasteiger partial charge is 0.152 e. The van der Waals surface area contributed by atoms with Gasteiger partial charge in [-0.3, -0.25) is 4.79 Å². The maximum atomic E-state index is 12.6. The van der Waals surface area contributed by atoms with E-state index >= 15 is 0 Å². The van der Waals surface area contributed by atoms with Gasteiger partial charge in [-0.15, -0.1) is 0 Å². The third-order valence-electron chi connectivity index (χ3n) is 0.997. The number of allylic oxidation sites excluding steroid dienone is 5. The topological polar surface area (TPSA) is 17.1 Å². The predicted octanol–water partition coefficient (Wildman–Crippen LogP) is 2.47. The van der Waals surface area contributed by atoms with E-state index in [1.54, 1.807) is 0 Å². The van der Waals surface area contributed by atoms with Crippen LogP contribution in [-0.2, 0) is 4.79 Å². The molecule has 0 radical (unpaired) electrons. The highest BCUT2D eigenvalue weighted by Gasteiger charge is 2.01. The maximum Gasteiger partial charge on any atom is 0.152 e. The predicted molar refractivity (Wildman–Crippen MR) is 39.3 cm³/mol. The maximum absolute atomic E-state index is 12.6. The fourth-order valence-electron chi connectivity index (χ4n) is 0.483. The van der Waals surface area contributed by atoms with E-state index in [-0.39, 0.29) is 5.57 Å². The molecule has 0 aliphatic rings. The molecular weight excluding hydrogens is 150 g/mol. The Hall–Kier alpha value is -1.25. The van der Waals surface area contributed by atoms with Crippen molar-refractivity contribution in [2.75, 3.05) is 0 Å². The minimum atomic E-state index is -0.913. The van der Waals surface area contributed by atoms with Crippen LogP contribution < -0.4 is 0 Å². The average molecular weight is 158 g/mol. The summed E-state index contributed by atoms with van der Waals surface area (Å²) in [5.41, 5.74) is -0.177. The largest absolute Gasteiger partial charge is 0.298 e. The average Bonchev–Trinajstić information content (AvgIpc) is 1.88. The SMILES string of the molecule is C=C(F)/C=C(/F)C(C=O)=CC. The zero-order valence-corrected chi connectivity index (χ0v) is 6.10. The Balaban J connectivity index is 4.58. The molecule has 0 unspecified atom stereocenters. The molecule has 0 aromatic carbocycles. The molecule has 11 heavy (non-hydrogen) atoms. The molecule has 0 heterocycles. The molecule has 0 saturated heterocycles. The number of hydrogen-bond donors (Lipinski definition) is 0. The first-order valence-electron chi connectivity index (χ1n) is 2.95. The molecule has 0 N–H and O–H groups in total. The van der Waals surface area contributed by atoms with E-state index in [4.69, 9.17) is 0 Å². The van der Waals surface area contributed by atoms with Crippen LogP contribution in [0.4, 0.5) is 8.78 Å². The van der Waals surface area contributed by atoms with Crippen molar-refractivity contribution in [1.82, 2.24) is 0 Å². The van der Waals surface area contributed by atoms with E-state index in [2.05, 4.69) is 6.58 Å². The molecule has 0 aliphatic carbocycles. The van der Waals surface area contributed by atoms with Gasteiger partial charge >= 0.3 is 0 Å². The van der Waals surface area contributed by atoms with Gasteiger partial charge in [0.05, 0.1) is 0 Å². The van der Waals surface area contributed by atoms with E-state index in [1.165, 1.54) is 13.0 Å². The minimum Gasteiger partial charge on any atom is -0.298 e. The number of halogens is 2. The molecule has 3 heteroatoms. The molecule has 0 aromatic rings. The number of carbonyl (C=O) groups is 1. The molecule has 0 amide bonds. The van der Waals surface area contributed by atoms with Crippen molar-refractivity contribution in [2.24, 2.45) is 0 Å². The first-order valence-corrected chi connectivity index (χ1v) is 2.95. The van der Waals surface area contributed by atoms with Crippen molar-refractivity contribution in [3.63, 3.8) is 0 Å². The normalized spacial score (nSPS) is 13.0. The Kier molecular flexibility index (Phi) is 4.03. The van der Waals surface area contributed by atoms with Gasteiger partial charge < -0.3 is 0 Å². The molecular formula is C8H8F2O. The molecule has 0 spiro atoms. The first-order chi connectivity index (χ1) is 5.11. The van der Waals surface area contributed by atoms with Crippen molar-refractivity contribution in [3.05, 3.63) is 36.0 Å². The number of aldehydes is 1. The fourth-order valence-corrected chi connectivity index (χ4v) is 0.483. The quantitative estimate of drug-likeness (QED) is 0.350. The van der Waals surface area contributed by atoms with Crippen molar-refractivity contribution in [3.8, 4) is 0 Å². The Morgan fingerprint density at radius 1 is 1.45 bits per heavy atom. The summed E-state index contributed by atoms with van der Waals surface area (Å²) < 4.78 is 24.5. The van der Waals surface area contributed by atoms with Crippen molar-refractivity contribution >= 4 is 6.29 Å². The second kappa shape index (κ2) is 4.55. The number of rotatable bonds is 3. The van der Waals surface area contributed by atoms with Crippen LogP contribution in [-0.4, -0.2) is 6.29 Å². The summed E-state index contributed by atoms with van der Waals surface area (Å²) in [4.78, 5) is 10.1. The van der Waals surface area contributed by atoms with Crippen LogP contribution in [0, 0.1) is 0 Å². The highest BCUT2D eigenvalue weighted by Crippen LogP contribution is 2.11. The highest BCUT2D eigenvalue weighted by molar-refractivity contribution is 5.79. The Morgan fingerprint density at radius 3 is 2.27 bits per heavy atom. The van der Waals surface area contributed by atoms with Gasteiger partial charge in [-0.1, -0.05) is 12.7 Å². The second-order valence-corrected chi connectivity index (χ2v) is 1.80. The lowest BCUT2D eigenvalue weighted by atomic mass is 10.2. The van der Waals surface area contributed by atoms with Gasteiger partial charge in [0.2, 0.25) is 0 Å². The van der Waals surface area contributed by atoms with Gasteiger partial charge in [0.25, 0.3) is 0 Å². The van der Waals surface area contributed by atoms with Gasteiger partial charge in [-0.05, 0) is 6.92 Å². The van der Waals surface area contributed by atoms with Crippen molar-refractivity contribution in [2.45, 2.75) is 6.92 Å². The van der Waals surface area contributed by atoms with Gasteiger partial charge in [0.15, 0.2) is 6.29 Å². The van der Waals surface area contributed by atoms with Gasteiger partial charge in [-0.2, -0.15) is 0 Å². The molecule has 60 valence electrons. The molecule has 0 aliphatic heterocycles. The summed E-state index contributed by atoms with van der Waals surface area (Å²) in [6, 6.07) is 0. The van der Waals surface area contributed by atoms with Gasteiger partial charge in [0, 0.05) is 11.6 Å². The summed E-state index contributed by atoms with van der Waals surface area (Å²) >= 11 is 0. The minimum absolute atomic E-state index is 0.177. The lowest BCUT2D eigenvalue weighted by molar-refractivity contribution is -0.104. The molecule has 0 aromatic heterocycles. The zero-order chi connectivity index (χ0) is 8.85. The monoisotopic (exact) mass is 158 g/mol. The molecule has 0 rings (SSSR count). The zero-order valence-electron chi connectivity index (χ0n) is 6.10. The summed E-state index contributed by atoms with van der Waals surface area (Å²) in [6.45, 7) is 4.30. The third kappa shape index (κ3) is 3.45. The Labute approximate surface area is 63.7 Å². The number of hydrogen-bond acceptors (Lipinski definition) is 1. The Morgan fingerprint density at radius 2 is 2.00 bits per heavy atom. The number of carbonyl (C=O) groups excluding carboxylic acids is 1. The fraction of sp³-hybridized carbons (Fsp3) is 0.125. The molecule has 0 saturated carbocycles. The van der Waals surface area contributed by atoms with E-state index in [9.17, 15) is 13.6 Å². The third-order valence-corrected chi connectivity index (χ3v) is 0.997. The standard InChI is InChI=1S/C8H8F2O/c1-3-7(5-11)8(10)4-6(2)9/h3-5H,2H2,1H3/b7-3?,8-4+. The van der Waals surface area contributed by atoms with Crippen molar-refractivity contribution < 1.29 is 13.6 Å². The summed E-state index contributed by atoms with van der Waals surface area (Å²) in [7, 11) is 0. The molecule has 0 atom stereocenters. The van der Waals surface area contributed by atoms with Crippen LogP contribution in [0.25, 0.3) is 0 Å².